The van der Waals surface area contributed by atoms with Crippen LogP contribution in [-0.4, -0.2) is 17.6 Å². The Balaban J connectivity index is 2.74. The summed E-state index contributed by atoms with van der Waals surface area (Å²) in [5.74, 6) is -0.476. The van der Waals surface area contributed by atoms with Crippen LogP contribution in [0.15, 0.2) is 24.3 Å². The molecule has 1 aromatic rings. The number of carbonyl (C=O) groups is 1. The quantitative estimate of drug-likeness (QED) is 0.790. The topological polar surface area (TPSA) is 49.3 Å². The first kappa shape index (κ1) is 11.7. The van der Waals surface area contributed by atoms with Crippen molar-refractivity contribution in [2.45, 2.75) is 19.4 Å². The Bertz CT molecular complexity index is 324. The Kier molecular flexibility index (Phi) is 4.24. The van der Waals surface area contributed by atoms with Crippen molar-refractivity contribution in [2.75, 3.05) is 6.61 Å². The minimum atomic E-state index is -0.460. The highest BCUT2D eigenvalue weighted by atomic mass is 19.1. The van der Waals surface area contributed by atoms with Gasteiger partial charge in [-0.2, -0.15) is 0 Å². The zero-order valence-corrected chi connectivity index (χ0v) is 8.53. The Hall–Kier alpha value is -1.42. The maximum Gasteiger partial charge on any atom is 0.220 e. The first-order valence-electron chi connectivity index (χ1n) is 4.83. The lowest BCUT2D eigenvalue weighted by atomic mass is 10.1. The second kappa shape index (κ2) is 5.46. The third-order valence-electron chi connectivity index (χ3n) is 2.11. The van der Waals surface area contributed by atoms with Crippen LogP contribution in [0.2, 0.25) is 0 Å². The second-order valence-corrected chi connectivity index (χ2v) is 3.21. The van der Waals surface area contributed by atoms with Crippen LogP contribution in [0.1, 0.15) is 24.9 Å². The summed E-state index contributed by atoms with van der Waals surface area (Å²) in [5, 5.41) is 11.7. The molecule has 3 nitrogen and oxygen atoms in total. The van der Waals surface area contributed by atoms with Crippen molar-refractivity contribution in [3.05, 3.63) is 35.6 Å². The van der Waals surface area contributed by atoms with E-state index < -0.39 is 6.04 Å². The van der Waals surface area contributed by atoms with Gasteiger partial charge in [0.2, 0.25) is 5.91 Å². The van der Waals surface area contributed by atoms with Gasteiger partial charge in [0.1, 0.15) is 5.82 Å². The van der Waals surface area contributed by atoms with Crippen molar-refractivity contribution in [3.8, 4) is 0 Å². The summed E-state index contributed by atoms with van der Waals surface area (Å²) >= 11 is 0. The Morgan fingerprint density at radius 2 is 2.07 bits per heavy atom. The third kappa shape index (κ3) is 3.32. The fourth-order valence-electron chi connectivity index (χ4n) is 1.23. The van der Waals surface area contributed by atoms with Gasteiger partial charge in [-0.1, -0.05) is 19.1 Å². The summed E-state index contributed by atoms with van der Waals surface area (Å²) < 4.78 is 12.6. The predicted octanol–water partition coefficient (Wildman–Crippen LogP) is 1.39. The molecular formula is C11H14FNO2. The molecular weight excluding hydrogens is 197 g/mol. The summed E-state index contributed by atoms with van der Waals surface area (Å²) in [4.78, 5) is 11.1. The molecule has 4 heteroatoms. The van der Waals surface area contributed by atoms with E-state index >= 15 is 0 Å². The van der Waals surface area contributed by atoms with Crippen LogP contribution < -0.4 is 5.32 Å². The van der Waals surface area contributed by atoms with Gasteiger partial charge in [-0.25, -0.2) is 4.39 Å². The lowest BCUT2D eigenvalue weighted by Crippen LogP contribution is -2.30. The molecule has 0 aliphatic rings. The molecule has 1 atom stereocenters. The van der Waals surface area contributed by atoms with Crippen LogP contribution >= 0.6 is 0 Å². The fraction of sp³-hybridized carbons (Fsp3) is 0.364. The van der Waals surface area contributed by atoms with E-state index in [4.69, 9.17) is 5.11 Å². The normalized spacial score (nSPS) is 12.2. The van der Waals surface area contributed by atoms with Crippen LogP contribution in [0, 0.1) is 5.82 Å². The monoisotopic (exact) mass is 211 g/mol. The molecule has 0 fully saturated rings. The van der Waals surface area contributed by atoms with E-state index in [0.29, 0.717) is 12.0 Å². The molecule has 82 valence electrons. The lowest BCUT2D eigenvalue weighted by molar-refractivity contribution is -0.121. The zero-order chi connectivity index (χ0) is 11.3. The third-order valence-corrected chi connectivity index (χ3v) is 2.11. The van der Waals surface area contributed by atoms with E-state index in [9.17, 15) is 9.18 Å². The van der Waals surface area contributed by atoms with Gasteiger partial charge in [0.15, 0.2) is 0 Å². The standard InChI is InChI=1S/C11H14FNO2/c1-2-11(15)13-10(7-14)8-3-5-9(12)6-4-8/h3-6,10,14H,2,7H2,1H3,(H,13,15). The summed E-state index contributed by atoms with van der Waals surface area (Å²) in [6.45, 7) is 1.53. The number of hydrogen-bond acceptors (Lipinski definition) is 2. The van der Waals surface area contributed by atoms with Crippen molar-refractivity contribution >= 4 is 5.91 Å². The van der Waals surface area contributed by atoms with E-state index in [-0.39, 0.29) is 18.3 Å². The number of carbonyl (C=O) groups excluding carboxylic acids is 1. The molecule has 1 aromatic carbocycles. The molecule has 0 radical (unpaired) electrons. The van der Waals surface area contributed by atoms with Crippen LogP contribution in [0.3, 0.4) is 0 Å². The van der Waals surface area contributed by atoms with Crippen LogP contribution in [0.5, 0.6) is 0 Å². The zero-order valence-electron chi connectivity index (χ0n) is 8.53. The number of rotatable bonds is 4. The first-order valence-corrected chi connectivity index (χ1v) is 4.83. The number of halogens is 1. The SMILES string of the molecule is CCC(=O)NC(CO)c1ccc(F)cc1. The van der Waals surface area contributed by atoms with E-state index in [2.05, 4.69) is 5.32 Å². The highest BCUT2D eigenvalue weighted by Gasteiger charge is 2.12. The van der Waals surface area contributed by atoms with Gasteiger partial charge in [0.25, 0.3) is 0 Å². The molecule has 0 aliphatic carbocycles. The number of hydrogen-bond donors (Lipinski definition) is 2. The summed E-state index contributed by atoms with van der Waals surface area (Å²) in [7, 11) is 0. The summed E-state index contributed by atoms with van der Waals surface area (Å²) in [5.41, 5.74) is 0.695. The van der Waals surface area contributed by atoms with Gasteiger partial charge in [0, 0.05) is 6.42 Å². The van der Waals surface area contributed by atoms with Gasteiger partial charge in [-0.05, 0) is 17.7 Å². The van der Waals surface area contributed by atoms with Crippen LogP contribution in [-0.2, 0) is 4.79 Å². The summed E-state index contributed by atoms with van der Waals surface area (Å²) in [6.07, 6.45) is 0.359. The van der Waals surface area contributed by atoms with Gasteiger partial charge in [-0.3, -0.25) is 4.79 Å². The van der Waals surface area contributed by atoms with Crippen LogP contribution in [0.25, 0.3) is 0 Å². The Morgan fingerprint density at radius 3 is 2.53 bits per heavy atom. The first-order chi connectivity index (χ1) is 7.17. The van der Waals surface area contributed by atoms with Crippen molar-refractivity contribution in [1.29, 1.82) is 0 Å². The van der Waals surface area contributed by atoms with Gasteiger partial charge in [-0.15, -0.1) is 0 Å². The molecule has 0 saturated carbocycles. The molecule has 1 rings (SSSR count). The van der Waals surface area contributed by atoms with E-state index in [0.717, 1.165) is 0 Å². The highest BCUT2D eigenvalue weighted by molar-refractivity contribution is 5.76. The largest absolute Gasteiger partial charge is 0.394 e. The number of benzene rings is 1. The molecule has 15 heavy (non-hydrogen) atoms. The highest BCUT2D eigenvalue weighted by Crippen LogP contribution is 2.13. The van der Waals surface area contributed by atoms with Crippen molar-refractivity contribution in [3.63, 3.8) is 0 Å². The number of aliphatic hydroxyl groups is 1. The maximum atomic E-state index is 12.6. The van der Waals surface area contributed by atoms with Crippen molar-refractivity contribution in [2.24, 2.45) is 0 Å². The number of aliphatic hydroxyl groups excluding tert-OH is 1. The van der Waals surface area contributed by atoms with Crippen LogP contribution in [0.4, 0.5) is 4.39 Å². The molecule has 0 aromatic heterocycles. The van der Waals surface area contributed by atoms with Gasteiger partial charge in [0.05, 0.1) is 12.6 Å². The van der Waals surface area contributed by atoms with Gasteiger partial charge < -0.3 is 10.4 Å². The maximum absolute atomic E-state index is 12.6. The average molecular weight is 211 g/mol. The van der Waals surface area contributed by atoms with E-state index in [1.54, 1.807) is 19.1 Å². The second-order valence-electron chi connectivity index (χ2n) is 3.21. The lowest BCUT2D eigenvalue weighted by Gasteiger charge is -2.16. The molecule has 0 saturated heterocycles. The fourth-order valence-corrected chi connectivity index (χ4v) is 1.23. The minimum Gasteiger partial charge on any atom is -0.394 e. The Morgan fingerprint density at radius 1 is 1.47 bits per heavy atom. The molecule has 0 bridgehead atoms. The molecule has 1 amide bonds. The molecule has 2 N–H and O–H groups in total. The Labute approximate surface area is 87.9 Å². The van der Waals surface area contributed by atoms with Crippen molar-refractivity contribution in [1.82, 2.24) is 5.32 Å². The number of amides is 1. The van der Waals surface area contributed by atoms with Gasteiger partial charge >= 0.3 is 0 Å². The average Bonchev–Trinajstić information content (AvgIpc) is 2.27. The van der Waals surface area contributed by atoms with E-state index in [1.165, 1.54) is 12.1 Å². The molecule has 0 heterocycles. The molecule has 0 spiro atoms. The number of nitrogens with one attached hydrogen (secondary N) is 1. The minimum absolute atomic E-state index is 0.140. The molecule has 1 unspecified atom stereocenters. The molecule has 0 aliphatic heterocycles. The van der Waals surface area contributed by atoms with Crippen molar-refractivity contribution < 1.29 is 14.3 Å². The summed E-state index contributed by atoms with van der Waals surface area (Å²) in [6, 6.07) is 5.24. The smallest absolute Gasteiger partial charge is 0.220 e. The predicted molar refractivity (Wildman–Crippen MR) is 54.7 cm³/mol. The van der Waals surface area contributed by atoms with E-state index in [1.807, 2.05) is 0 Å².